The minimum Gasteiger partial charge on any atom is -0.471 e. The van der Waals surface area contributed by atoms with Crippen LogP contribution in [0.2, 0.25) is 0 Å². The highest BCUT2D eigenvalue weighted by molar-refractivity contribution is 5.97. The van der Waals surface area contributed by atoms with E-state index in [4.69, 9.17) is 9.47 Å². The predicted octanol–water partition coefficient (Wildman–Crippen LogP) is 2.24. The van der Waals surface area contributed by atoms with E-state index in [2.05, 4.69) is 37.2 Å². The van der Waals surface area contributed by atoms with Gasteiger partial charge in [-0.05, 0) is 38.6 Å². The summed E-state index contributed by atoms with van der Waals surface area (Å²) in [5, 5.41) is 3.39. The molecule has 3 aliphatic rings. The zero-order valence-electron chi connectivity index (χ0n) is 19.3. The molecule has 2 fully saturated rings. The van der Waals surface area contributed by atoms with Crippen LogP contribution in [0, 0.1) is 0 Å². The van der Waals surface area contributed by atoms with E-state index in [9.17, 15) is 4.79 Å². The highest BCUT2D eigenvalue weighted by Gasteiger charge is 2.34. The first-order chi connectivity index (χ1) is 16.6. The van der Waals surface area contributed by atoms with Crippen molar-refractivity contribution in [1.29, 1.82) is 0 Å². The predicted molar refractivity (Wildman–Crippen MR) is 126 cm³/mol. The van der Waals surface area contributed by atoms with Crippen molar-refractivity contribution < 1.29 is 14.3 Å². The van der Waals surface area contributed by atoms with Crippen molar-refractivity contribution in [1.82, 2.24) is 30.1 Å². The minimum absolute atomic E-state index is 0.138. The summed E-state index contributed by atoms with van der Waals surface area (Å²) in [6.45, 7) is 3.67. The van der Waals surface area contributed by atoms with Crippen molar-refractivity contribution in [2.45, 2.75) is 38.0 Å². The third-order valence-electron chi connectivity index (χ3n) is 6.04. The van der Waals surface area contributed by atoms with E-state index in [-0.39, 0.29) is 18.3 Å². The van der Waals surface area contributed by atoms with Gasteiger partial charge in [-0.2, -0.15) is 0 Å². The average Bonchev–Trinajstić information content (AvgIpc) is 3.22. The Labute approximate surface area is 198 Å². The van der Waals surface area contributed by atoms with Crippen molar-refractivity contribution in [3.05, 3.63) is 48.7 Å². The lowest BCUT2D eigenvalue weighted by Gasteiger charge is -2.35. The number of nitrogens with zero attached hydrogens (tertiary/aromatic N) is 6. The van der Waals surface area contributed by atoms with Crippen LogP contribution in [0.3, 0.4) is 0 Å². The van der Waals surface area contributed by atoms with Crippen LogP contribution in [0.1, 0.15) is 25.0 Å². The monoisotopic (exact) mass is 463 g/mol. The first-order valence-electron chi connectivity index (χ1n) is 11.7. The summed E-state index contributed by atoms with van der Waals surface area (Å²) in [7, 11) is 2.06. The highest BCUT2D eigenvalue weighted by atomic mass is 16.6. The molecule has 2 saturated heterocycles. The summed E-state index contributed by atoms with van der Waals surface area (Å²) >= 11 is 0. The van der Waals surface area contributed by atoms with Gasteiger partial charge in [0.15, 0.2) is 0 Å². The first-order valence-corrected chi connectivity index (χ1v) is 11.7. The van der Waals surface area contributed by atoms with Crippen molar-refractivity contribution in [2.75, 3.05) is 33.2 Å². The molecule has 0 aliphatic carbocycles. The molecule has 1 atom stereocenters. The Morgan fingerprint density at radius 1 is 1.26 bits per heavy atom. The summed E-state index contributed by atoms with van der Waals surface area (Å²) in [6.07, 6.45) is 11.1. The molecular weight excluding hydrogens is 434 g/mol. The number of likely N-dealkylation sites (N-methyl/N-ethyl adjacent to an activating group) is 1. The Morgan fingerprint density at radius 2 is 2.18 bits per heavy atom. The SMILES string of the molecule is CN1CC(Oc2cncc(-c3ccnc(CNCC[C@H]4CN(C5=NC=CCC5)C(=O)O4)c3)n2)C1. The Balaban J connectivity index is 1.10. The van der Waals surface area contributed by atoms with Crippen LogP contribution >= 0.6 is 0 Å². The number of hydrogen-bond acceptors (Lipinski definition) is 9. The molecule has 34 heavy (non-hydrogen) atoms. The van der Waals surface area contributed by atoms with Crippen molar-refractivity contribution in [3.8, 4) is 17.1 Å². The number of likely N-dealkylation sites (tertiary alicyclic amines) is 1. The summed E-state index contributed by atoms with van der Waals surface area (Å²) in [4.78, 5) is 33.7. The standard InChI is InChI=1S/C24H29N7O3/c1-30-14-20(15-30)33-23-13-26-12-21(29-23)17-5-9-27-18(10-17)11-25-8-6-19-16-31(24(32)34-19)22-4-2-3-7-28-22/h3,5,7,9-10,12-13,19-20,25H,2,4,6,8,11,14-16H2,1H3/t19-/m0/s1. The van der Waals surface area contributed by atoms with Gasteiger partial charge in [-0.15, -0.1) is 0 Å². The summed E-state index contributed by atoms with van der Waals surface area (Å²) < 4.78 is 11.4. The van der Waals surface area contributed by atoms with Gasteiger partial charge in [0, 0.05) is 44.0 Å². The second-order valence-corrected chi connectivity index (χ2v) is 8.79. The third kappa shape index (κ3) is 5.40. The second-order valence-electron chi connectivity index (χ2n) is 8.79. The number of carbonyl (C=O) groups excluding carboxylic acids is 1. The van der Waals surface area contributed by atoms with Crippen molar-refractivity contribution >= 4 is 11.9 Å². The van der Waals surface area contributed by atoms with Gasteiger partial charge >= 0.3 is 6.09 Å². The molecule has 178 valence electrons. The summed E-state index contributed by atoms with van der Waals surface area (Å²) in [6, 6.07) is 3.92. The maximum absolute atomic E-state index is 12.2. The number of hydrogen-bond donors (Lipinski definition) is 1. The van der Waals surface area contributed by atoms with Crippen LogP contribution in [-0.2, 0) is 11.3 Å². The molecule has 1 amide bonds. The van der Waals surface area contributed by atoms with Gasteiger partial charge in [0.1, 0.15) is 18.0 Å². The van der Waals surface area contributed by atoms with E-state index >= 15 is 0 Å². The van der Waals surface area contributed by atoms with E-state index in [0.29, 0.717) is 25.5 Å². The minimum atomic E-state index is -0.301. The maximum atomic E-state index is 12.2. The van der Waals surface area contributed by atoms with Gasteiger partial charge in [0.2, 0.25) is 5.88 Å². The number of allylic oxidation sites excluding steroid dienone is 1. The number of aromatic nitrogens is 3. The molecule has 0 spiro atoms. The van der Waals surface area contributed by atoms with Crippen molar-refractivity contribution in [3.63, 3.8) is 0 Å². The lowest BCUT2D eigenvalue weighted by atomic mass is 10.1. The lowest BCUT2D eigenvalue weighted by molar-refractivity contribution is 0.0354. The molecule has 2 aromatic heterocycles. The lowest BCUT2D eigenvalue weighted by Crippen LogP contribution is -2.51. The third-order valence-corrected chi connectivity index (χ3v) is 6.04. The van der Waals surface area contributed by atoms with Crippen molar-refractivity contribution in [2.24, 2.45) is 4.99 Å². The molecule has 2 aromatic rings. The average molecular weight is 464 g/mol. The van der Waals surface area contributed by atoms with Crippen LogP contribution in [0.4, 0.5) is 4.79 Å². The molecule has 10 nitrogen and oxygen atoms in total. The van der Waals surface area contributed by atoms with Crippen LogP contribution < -0.4 is 10.1 Å². The first kappa shape index (κ1) is 22.4. The van der Waals surface area contributed by atoms with E-state index in [1.807, 2.05) is 18.2 Å². The highest BCUT2D eigenvalue weighted by Crippen LogP contribution is 2.21. The van der Waals surface area contributed by atoms with E-state index in [1.54, 1.807) is 29.7 Å². The normalized spacial score (nSPS) is 20.7. The quantitative estimate of drug-likeness (QED) is 0.595. The molecule has 5 heterocycles. The molecule has 0 radical (unpaired) electrons. The van der Waals surface area contributed by atoms with Gasteiger partial charge in [-0.3, -0.25) is 19.8 Å². The zero-order valence-corrected chi connectivity index (χ0v) is 19.3. The Morgan fingerprint density at radius 3 is 3.00 bits per heavy atom. The second kappa shape index (κ2) is 10.3. The number of aliphatic imine (C=N–C) groups is 1. The number of ether oxygens (including phenoxy) is 2. The van der Waals surface area contributed by atoms with Gasteiger partial charge in [-0.25, -0.2) is 14.8 Å². The van der Waals surface area contributed by atoms with Gasteiger partial charge in [0.05, 0.1) is 30.3 Å². The van der Waals surface area contributed by atoms with Gasteiger partial charge in [0.25, 0.3) is 0 Å². The number of carbonyl (C=O) groups is 1. The van der Waals surface area contributed by atoms with Gasteiger partial charge < -0.3 is 14.8 Å². The van der Waals surface area contributed by atoms with E-state index in [1.165, 1.54) is 0 Å². The Kier molecular flexibility index (Phi) is 6.77. The molecule has 0 aromatic carbocycles. The van der Waals surface area contributed by atoms with E-state index < -0.39 is 0 Å². The van der Waals surface area contributed by atoms with Crippen LogP contribution in [0.15, 0.2) is 48.0 Å². The molecule has 0 unspecified atom stereocenters. The fourth-order valence-electron chi connectivity index (χ4n) is 4.22. The summed E-state index contributed by atoms with van der Waals surface area (Å²) in [5.74, 6) is 1.34. The van der Waals surface area contributed by atoms with Gasteiger partial charge in [-0.1, -0.05) is 6.08 Å². The smallest absolute Gasteiger partial charge is 0.415 e. The number of amidine groups is 1. The molecular formula is C24H29N7O3. The fourth-order valence-corrected chi connectivity index (χ4v) is 4.22. The Hall–Kier alpha value is -3.37. The fraction of sp³-hybridized carbons (Fsp3) is 0.458. The largest absolute Gasteiger partial charge is 0.471 e. The molecule has 0 bridgehead atoms. The molecule has 1 N–H and O–H groups in total. The number of nitrogens with one attached hydrogen (secondary N) is 1. The topological polar surface area (TPSA) is 105 Å². The van der Waals surface area contributed by atoms with E-state index in [0.717, 1.165) is 55.1 Å². The molecule has 10 heteroatoms. The number of pyridine rings is 1. The van der Waals surface area contributed by atoms with Crippen LogP contribution in [0.25, 0.3) is 11.3 Å². The van der Waals surface area contributed by atoms with Crippen LogP contribution in [-0.4, -0.2) is 82.1 Å². The van der Waals surface area contributed by atoms with Crippen LogP contribution in [0.5, 0.6) is 5.88 Å². The molecule has 0 saturated carbocycles. The maximum Gasteiger partial charge on any atom is 0.415 e. The number of cyclic esters (lactones) is 1. The number of amides is 1. The molecule has 5 rings (SSSR count). The Bertz CT molecular complexity index is 1080. The zero-order chi connectivity index (χ0) is 23.3. The number of rotatable bonds is 8. The summed E-state index contributed by atoms with van der Waals surface area (Å²) in [5.41, 5.74) is 2.60. The molecule has 3 aliphatic heterocycles.